The Hall–Kier alpha value is -3.74. The number of aliphatic hydroxyl groups is 1. The van der Waals surface area contributed by atoms with Gasteiger partial charge in [-0.15, -0.1) is 11.3 Å². The van der Waals surface area contributed by atoms with Crippen molar-refractivity contribution in [2.24, 2.45) is 5.73 Å². The van der Waals surface area contributed by atoms with Crippen molar-refractivity contribution in [3.8, 4) is 16.5 Å². The van der Waals surface area contributed by atoms with E-state index in [9.17, 15) is 19.5 Å². The number of carbonyl (C=O) groups is 1. The number of rotatable bonds is 9. The van der Waals surface area contributed by atoms with Gasteiger partial charge in [0.2, 0.25) is 11.8 Å². The van der Waals surface area contributed by atoms with Crippen molar-refractivity contribution in [1.82, 2.24) is 14.1 Å². The molecule has 3 N–H and O–H groups in total. The first kappa shape index (κ1) is 28.8. The quantitative estimate of drug-likeness (QED) is 0.304. The zero-order valence-electron chi connectivity index (χ0n) is 23.5. The number of hydrogen-bond donors (Lipinski definition) is 2. The fourth-order valence-electron chi connectivity index (χ4n) is 5.38. The first-order valence-corrected chi connectivity index (χ1v) is 14.3. The molecule has 1 saturated carbocycles. The molecule has 0 aliphatic heterocycles. The van der Waals surface area contributed by atoms with Gasteiger partial charge in [0.25, 0.3) is 5.56 Å². The molecule has 1 aromatic carbocycles. The maximum atomic E-state index is 14.2. The van der Waals surface area contributed by atoms with Gasteiger partial charge >= 0.3 is 5.69 Å². The number of oxazole rings is 1. The number of nitrogens with zero attached hydrogens (tertiary/aromatic N) is 3. The highest BCUT2D eigenvalue weighted by Crippen LogP contribution is 2.38. The summed E-state index contributed by atoms with van der Waals surface area (Å²) in [4.78, 5) is 45.8. The number of nitrogens with two attached hydrogens (primary N) is 1. The molecule has 1 atom stereocenters. The van der Waals surface area contributed by atoms with Crippen LogP contribution in [0.5, 0.6) is 5.75 Å². The van der Waals surface area contributed by atoms with Gasteiger partial charge in [-0.25, -0.2) is 14.3 Å². The molecule has 0 radical (unpaired) electrons. The molecule has 4 aromatic rings. The Morgan fingerprint density at radius 3 is 2.59 bits per heavy atom. The second kappa shape index (κ2) is 11.3. The predicted octanol–water partition coefficient (Wildman–Crippen LogP) is 3.48. The lowest BCUT2D eigenvalue weighted by molar-refractivity contribution is -0.125. The summed E-state index contributed by atoms with van der Waals surface area (Å²) in [5.74, 6) is 0.0917. The van der Waals surface area contributed by atoms with Crippen LogP contribution in [0.15, 0.2) is 50.7 Å². The van der Waals surface area contributed by atoms with Gasteiger partial charge in [0.05, 0.1) is 42.3 Å². The van der Waals surface area contributed by atoms with Crippen LogP contribution in [-0.2, 0) is 21.6 Å². The van der Waals surface area contributed by atoms with Crippen LogP contribution in [0.2, 0.25) is 0 Å². The minimum Gasteiger partial charge on any atom is -0.496 e. The molecule has 11 nitrogen and oxygen atoms in total. The molecule has 1 aliphatic carbocycles. The van der Waals surface area contributed by atoms with E-state index in [1.54, 1.807) is 14.0 Å². The molecule has 1 fully saturated rings. The fourth-order valence-corrected chi connectivity index (χ4v) is 6.62. The summed E-state index contributed by atoms with van der Waals surface area (Å²) in [5.41, 5.74) is 4.09. The molecular formula is C29H34N4O7S. The van der Waals surface area contributed by atoms with E-state index in [2.05, 4.69) is 4.98 Å². The number of amides is 1. The summed E-state index contributed by atoms with van der Waals surface area (Å²) < 4.78 is 20.2. The minimum absolute atomic E-state index is 0.0227. The third-order valence-electron chi connectivity index (χ3n) is 7.84. The zero-order valence-corrected chi connectivity index (χ0v) is 24.3. The monoisotopic (exact) mass is 582 g/mol. The third-order valence-corrected chi connectivity index (χ3v) is 9.14. The van der Waals surface area contributed by atoms with Crippen LogP contribution in [0.3, 0.4) is 0 Å². The molecule has 12 heteroatoms. The van der Waals surface area contributed by atoms with Gasteiger partial charge in [-0.1, -0.05) is 18.2 Å². The highest BCUT2D eigenvalue weighted by atomic mass is 32.1. The first-order chi connectivity index (χ1) is 19.5. The number of aromatic nitrogens is 3. The lowest BCUT2D eigenvalue weighted by Gasteiger charge is -2.31. The number of primary amides is 1. The van der Waals surface area contributed by atoms with Crippen molar-refractivity contribution >= 4 is 27.5 Å². The van der Waals surface area contributed by atoms with Crippen molar-refractivity contribution in [1.29, 1.82) is 0 Å². The van der Waals surface area contributed by atoms with Gasteiger partial charge in [-0.2, -0.15) is 0 Å². The maximum Gasteiger partial charge on any atom is 0.333 e. The van der Waals surface area contributed by atoms with Crippen LogP contribution in [0.1, 0.15) is 56.8 Å². The van der Waals surface area contributed by atoms with E-state index in [1.165, 1.54) is 42.2 Å². The Bertz CT molecular complexity index is 1680. The lowest BCUT2D eigenvalue weighted by Crippen LogP contribution is -2.54. The number of aryl methyl sites for hydroxylation is 1. The van der Waals surface area contributed by atoms with Crippen LogP contribution in [0, 0.1) is 6.92 Å². The number of para-hydroxylation sites is 1. The highest BCUT2D eigenvalue weighted by molar-refractivity contribution is 7.22. The van der Waals surface area contributed by atoms with Crippen molar-refractivity contribution in [3.63, 3.8) is 0 Å². The van der Waals surface area contributed by atoms with E-state index in [4.69, 9.17) is 19.6 Å². The first-order valence-electron chi connectivity index (χ1n) is 13.5. The molecule has 1 aliphatic rings. The van der Waals surface area contributed by atoms with Gasteiger partial charge < -0.3 is 24.7 Å². The number of carbonyl (C=O) groups excluding carboxylic acids is 1. The molecule has 1 amide bonds. The van der Waals surface area contributed by atoms with Crippen molar-refractivity contribution in [2.45, 2.75) is 76.9 Å². The lowest BCUT2D eigenvalue weighted by atomic mass is 9.94. The van der Waals surface area contributed by atoms with E-state index >= 15 is 0 Å². The van der Waals surface area contributed by atoms with E-state index < -0.39 is 28.8 Å². The third kappa shape index (κ3) is 5.22. The summed E-state index contributed by atoms with van der Waals surface area (Å²) in [6.45, 7) is 4.69. The smallest absolute Gasteiger partial charge is 0.333 e. The number of fused-ring (bicyclic) bond motifs is 1. The number of ether oxygens (including phenoxy) is 2. The molecule has 3 heterocycles. The molecule has 5 rings (SSSR count). The van der Waals surface area contributed by atoms with E-state index in [0.29, 0.717) is 52.6 Å². The van der Waals surface area contributed by atoms with E-state index in [0.717, 1.165) is 10.1 Å². The van der Waals surface area contributed by atoms with Crippen LogP contribution in [0.25, 0.3) is 21.0 Å². The molecule has 218 valence electrons. The molecule has 3 aromatic heterocycles. The summed E-state index contributed by atoms with van der Waals surface area (Å²) in [6, 6.07) is 7.41. The second-order valence-corrected chi connectivity index (χ2v) is 11.8. The van der Waals surface area contributed by atoms with Gasteiger partial charge in [-0.05, 0) is 58.1 Å². The summed E-state index contributed by atoms with van der Waals surface area (Å²) in [5, 5.41) is 10.3. The molecule has 41 heavy (non-hydrogen) atoms. The van der Waals surface area contributed by atoms with Gasteiger partial charge in [-0.3, -0.25) is 14.2 Å². The molecular weight excluding hydrogens is 548 g/mol. The van der Waals surface area contributed by atoms with Gasteiger partial charge in [0.15, 0.2) is 0 Å². The SMILES string of the molecule is COc1ccccc1C(Cn1c(=O)n(C(C)(C)C(N)=O)c(=O)c2c(C)c(-c3ncco3)sc21)OC1CCC(O)CC1. The average Bonchev–Trinajstić information content (AvgIpc) is 3.59. The Kier molecular flexibility index (Phi) is 7.91. The zero-order chi connectivity index (χ0) is 29.5. The molecule has 0 spiro atoms. The number of hydrogen-bond acceptors (Lipinski definition) is 9. The largest absolute Gasteiger partial charge is 0.496 e. The summed E-state index contributed by atoms with van der Waals surface area (Å²) in [6.07, 6.45) is 4.35. The van der Waals surface area contributed by atoms with Crippen LogP contribution in [0.4, 0.5) is 0 Å². The Labute approximate surface area is 240 Å². The summed E-state index contributed by atoms with van der Waals surface area (Å²) in [7, 11) is 1.57. The summed E-state index contributed by atoms with van der Waals surface area (Å²) >= 11 is 1.22. The van der Waals surface area contributed by atoms with Crippen molar-refractivity contribution in [3.05, 3.63) is 68.7 Å². The predicted molar refractivity (Wildman–Crippen MR) is 154 cm³/mol. The Morgan fingerprint density at radius 2 is 1.95 bits per heavy atom. The highest BCUT2D eigenvalue weighted by Gasteiger charge is 2.35. The van der Waals surface area contributed by atoms with Crippen molar-refractivity contribution in [2.75, 3.05) is 7.11 Å². The molecule has 0 saturated heterocycles. The standard InChI is InChI=1S/C29H34N4O7S/c1-16-22-25(35)33(29(2,3)27(30)36)28(37)32(26(22)41-23(16)24-31-13-14-39-24)15-21(19-7-5-6-8-20(19)38-4)40-18-11-9-17(34)10-12-18/h5-8,13-14,17-18,21,34H,9-12,15H2,1-4H3,(H2,30,36). The molecule has 0 bridgehead atoms. The average molecular weight is 583 g/mol. The number of methoxy groups -OCH3 is 1. The van der Waals surface area contributed by atoms with Crippen LogP contribution >= 0.6 is 11.3 Å². The van der Waals surface area contributed by atoms with Gasteiger partial charge in [0.1, 0.15) is 28.5 Å². The minimum atomic E-state index is -1.61. The Morgan fingerprint density at radius 1 is 1.24 bits per heavy atom. The van der Waals surface area contributed by atoms with Gasteiger partial charge in [0, 0.05) is 5.56 Å². The van der Waals surface area contributed by atoms with Crippen molar-refractivity contribution < 1.29 is 23.8 Å². The fraction of sp³-hybridized carbons (Fsp3) is 0.448. The Balaban J connectivity index is 1.74. The van der Waals surface area contributed by atoms with E-state index in [-0.39, 0.29) is 24.1 Å². The topological polar surface area (TPSA) is 152 Å². The second-order valence-electron chi connectivity index (χ2n) is 10.8. The number of aliphatic hydroxyl groups excluding tert-OH is 1. The molecule has 1 unspecified atom stereocenters. The van der Waals surface area contributed by atoms with E-state index in [1.807, 2.05) is 24.3 Å². The van der Waals surface area contributed by atoms with Crippen LogP contribution < -0.4 is 21.7 Å². The normalized spacial score (nSPS) is 18.5. The maximum absolute atomic E-state index is 14.2. The van der Waals surface area contributed by atoms with Crippen LogP contribution in [-0.4, -0.2) is 44.4 Å². The number of benzene rings is 1. The number of thiophene rings is 1.